The van der Waals surface area contributed by atoms with E-state index in [1.807, 2.05) is 6.07 Å². The number of aliphatic hydroxyl groups excluding tert-OH is 1. The summed E-state index contributed by atoms with van der Waals surface area (Å²) in [7, 11) is 0. The van der Waals surface area contributed by atoms with Crippen molar-refractivity contribution in [2.45, 2.75) is 13.0 Å². The van der Waals surface area contributed by atoms with Crippen LogP contribution in [0.25, 0.3) is 0 Å². The van der Waals surface area contributed by atoms with Gasteiger partial charge in [-0.1, -0.05) is 12.1 Å². The summed E-state index contributed by atoms with van der Waals surface area (Å²) in [6.07, 6.45) is 2.58. The van der Waals surface area contributed by atoms with Crippen LogP contribution in [-0.2, 0) is 6.61 Å². The molecule has 0 amide bonds. The summed E-state index contributed by atoms with van der Waals surface area (Å²) in [6, 6.07) is 5.32. The van der Waals surface area contributed by atoms with Crippen LogP contribution in [0.4, 0.5) is 0 Å². The minimum atomic E-state index is -0.0569. The van der Waals surface area contributed by atoms with E-state index < -0.39 is 0 Å². The van der Waals surface area contributed by atoms with Gasteiger partial charge in [0.25, 0.3) is 0 Å². The highest BCUT2D eigenvalue weighted by Crippen LogP contribution is 2.07. The van der Waals surface area contributed by atoms with E-state index in [1.54, 1.807) is 18.2 Å². The highest BCUT2D eigenvalue weighted by Gasteiger charge is 1.95. The van der Waals surface area contributed by atoms with Gasteiger partial charge in [-0.15, -0.1) is 6.58 Å². The lowest BCUT2D eigenvalue weighted by Gasteiger charge is -2.03. The van der Waals surface area contributed by atoms with Crippen LogP contribution in [0.1, 0.15) is 12.1 Å². The fourth-order valence-electron chi connectivity index (χ4n) is 0.873. The topological polar surface area (TPSA) is 42.4 Å². The third-order valence-corrected chi connectivity index (χ3v) is 1.52. The molecule has 3 heteroatoms. The molecule has 1 heterocycles. The molecule has 0 saturated carbocycles. The van der Waals surface area contributed by atoms with E-state index in [9.17, 15) is 0 Å². The van der Waals surface area contributed by atoms with Crippen LogP contribution >= 0.6 is 0 Å². The van der Waals surface area contributed by atoms with Crippen molar-refractivity contribution < 1.29 is 9.84 Å². The summed E-state index contributed by atoms with van der Waals surface area (Å²) in [5.41, 5.74) is 0.621. The number of nitrogens with zero attached hydrogens (tertiary/aromatic N) is 1. The normalized spacial score (nSPS) is 9.62. The number of hydrogen-bond acceptors (Lipinski definition) is 3. The van der Waals surface area contributed by atoms with Gasteiger partial charge in [0.2, 0.25) is 5.88 Å². The van der Waals surface area contributed by atoms with Crippen LogP contribution in [0.5, 0.6) is 5.88 Å². The molecule has 0 aromatic carbocycles. The Morgan fingerprint density at radius 2 is 2.38 bits per heavy atom. The minimum Gasteiger partial charge on any atom is -0.477 e. The van der Waals surface area contributed by atoms with Crippen molar-refractivity contribution in [3.8, 4) is 5.88 Å². The first-order valence-corrected chi connectivity index (χ1v) is 4.17. The summed E-state index contributed by atoms with van der Waals surface area (Å²) in [4.78, 5) is 4.06. The van der Waals surface area contributed by atoms with Gasteiger partial charge in [-0.05, 0) is 12.5 Å². The summed E-state index contributed by atoms with van der Waals surface area (Å²) in [6.45, 7) is 4.10. The van der Waals surface area contributed by atoms with E-state index in [0.29, 0.717) is 18.2 Å². The molecule has 0 saturated heterocycles. The van der Waals surface area contributed by atoms with Gasteiger partial charge in [0.05, 0.1) is 18.9 Å². The van der Waals surface area contributed by atoms with Crippen molar-refractivity contribution in [3.05, 3.63) is 36.5 Å². The lowest BCUT2D eigenvalue weighted by Crippen LogP contribution is -1.99. The van der Waals surface area contributed by atoms with Crippen molar-refractivity contribution in [1.29, 1.82) is 0 Å². The number of rotatable bonds is 5. The Kier molecular flexibility index (Phi) is 3.99. The molecule has 3 nitrogen and oxygen atoms in total. The zero-order valence-electron chi connectivity index (χ0n) is 7.44. The highest BCUT2D eigenvalue weighted by atomic mass is 16.5. The molecular formula is C10H13NO2. The maximum atomic E-state index is 8.80. The van der Waals surface area contributed by atoms with E-state index in [0.717, 1.165) is 6.42 Å². The minimum absolute atomic E-state index is 0.0569. The fourth-order valence-corrected chi connectivity index (χ4v) is 0.873. The standard InChI is InChI=1S/C10H13NO2/c1-2-3-7-13-10-6-4-5-9(8-12)11-10/h2,4-6,12H,1,3,7-8H2. The van der Waals surface area contributed by atoms with E-state index in [2.05, 4.69) is 11.6 Å². The van der Waals surface area contributed by atoms with Crippen molar-refractivity contribution in [3.63, 3.8) is 0 Å². The third-order valence-electron chi connectivity index (χ3n) is 1.52. The fraction of sp³-hybridized carbons (Fsp3) is 0.300. The molecule has 1 aromatic rings. The summed E-state index contributed by atoms with van der Waals surface area (Å²) >= 11 is 0. The number of ether oxygens (including phenoxy) is 1. The molecule has 13 heavy (non-hydrogen) atoms. The molecule has 0 radical (unpaired) electrons. The lowest BCUT2D eigenvalue weighted by molar-refractivity contribution is 0.270. The number of aromatic nitrogens is 1. The number of hydrogen-bond donors (Lipinski definition) is 1. The number of pyridine rings is 1. The van der Waals surface area contributed by atoms with Gasteiger partial charge in [-0.25, -0.2) is 4.98 Å². The molecular weight excluding hydrogens is 166 g/mol. The predicted octanol–water partition coefficient (Wildman–Crippen LogP) is 1.53. The van der Waals surface area contributed by atoms with E-state index in [-0.39, 0.29) is 6.61 Å². The van der Waals surface area contributed by atoms with E-state index >= 15 is 0 Å². The first kappa shape index (κ1) is 9.74. The van der Waals surface area contributed by atoms with Crippen molar-refractivity contribution in [2.75, 3.05) is 6.61 Å². The molecule has 0 atom stereocenters. The highest BCUT2D eigenvalue weighted by molar-refractivity contribution is 5.15. The first-order chi connectivity index (χ1) is 6.36. The van der Waals surface area contributed by atoms with Crippen LogP contribution in [0.3, 0.4) is 0 Å². The number of aliphatic hydroxyl groups is 1. The van der Waals surface area contributed by atoms with Crippen LogP contribution in [0.2, 0.25) is 0 Å². The molecule has 0 aliphatic carbocycles. The Hall–Kier alpha value is -1.35. The van der Waals surface area contributed by atoms with Crippen LogP contribution in [-0.4, -0.2) is 16.7 Å². The Bertz CT molecular complexity index is 273. The van der Waals surface area contributed by atoms with Crippen LogP contribution in [0.15, 0.2) is 30.9 Å². The van der Waals surface area contributed by atoms with Crippen LogP contribution in [0, 0.1) is 0 Å². The van der Waals surface area contributed by atoms with Crippen molar-refractivity contribution >= 4 is 0 Å². The van der Waals surface area contributed by atoms with E-state index in [1.165, 1.54) is 0 Å². The lowest BCUT2D eigenvalue weighted by atomic mass is 10.4. The predicted molar refractivity (Wildman–Crippen MR) is 50.5 cm³/mol. The maximum Gasteiger partial charge on any atom is 0.213 e. The monoisotopic (exact) mass is 179 g/mol. The molecule has 1 N–H and O–H groups in total. The molecule has 0 bridgehead atoms. The Labute approximate surface area is 77.7 Å². The second kappa shape index (κ2) is 5.32. The van der Waals surface area contributed by atoms with Crippen molar-refractivity contribution in [2.24, 2.45) is 0 Å². The molecule has 1 aromatic heterocycles. The average molecular weight is 179 g/mol. The quantitative estimate of drug-likeness (QED) is 0.550. The zero-order chi connectivity index (χ0) is 9.52. The SMILES string of the molecule is C=CCCOc1cccc(CO)n1. The van der Waals surface area contributed by atoms with Gasteiger partial charge in [0, 0.05) is 6.07 Å². The molecule has 0 spiro atoms. The second-order valence-corrected chi connectivity index (χ2v) is 2.55. The van der Waals surface area contributed by atoms with E-state index in [4.69, 9.17) is 9.84 Å². The van der Waals surface area contributed by atoms with Gasteiger partial charge in [-0.2, -0.15) is 0 Å². The van der Waals surface area contributed by atoms with Gasteiger partial charge >= 0.3 is 0 Å². The van der Waals surface area contributed by atoms with Gasteiger partial charge in [0.1, 0.15) is 0 Å². The molecule has 1 rings (SSSR count). The second-order valence-electron chi connectivity index (χ2n) is 2.55. The summed E-state index contributed by atoms with van der Waals surface area (Å²) in [5.74, 6) is 0.549. The van der Waals surface area contributed by atoms with Gasteiger partial charge in [-0.3, -0.25) is 0 Å². The molecule has 0 unspecified atom stereocenters. The smallest absolute Gasteiger partial charge is 0.213 e. The zero-order valence-corrected chi connectivity index (χ0v) is 7.44. The average Bonchev–Trinajstić information content (AvgIpc) is 2.19. The molecule has 0 aliphatic rings. The van der Waals surface area contributed by atoms with Crippen LogP contribution < -0.4 is 4.74 Å². The van der Waals surface area contributed by atoms with Gasteiger partial charge in [0.15, 0.2) is 0 Å². The molecule has 0 aliphatic heterocycles. The Balaban J connectivity index is 2.50. The molecule has 70 valence electrons. The summed E-state index contributed by atoms with van der Waals surface area (Å²) < 4.78 is 5.30. The maximum absolute atomic E-state index is 8.80. The third kappa shape index (κ3) is 3.25. The molecule has 0 fully saturated rings. The summed E-state index contributed by atoms with van der Waals surface area (Å²) in [5, 5.41) is 8.80. The Morgan fingerprint density at radius 1 is 1.54 bits per heavy atom. The largest absolute Gasteiger partial charge is 0.477 e. The Morgan fingerprint density at radius 3 is 3.08 bits per heavy atom. The first-order valence-electron chi connectivity index (χ1n) is 4.17. The van der Waals surface area contributed by atoms with Gasteiger partial charge < -0.3 is 9.84 Å². The van der Waals surface area contributed by atoms with Crippen molar-refractivity contribution in [1.82, 2.24) is 4.98 Å².